The molecule has 0 saturated heterocycles. The van der Waals surface area contributed by atoms with Gasteiger partial charge < -0.3 is 15.4 Å². The van der Waals surface area contributed by atoms with Gasteiger partial charge in [0.1, 0.15) is 6.29 Å². The van der Waals surface area contributed by atoms with Crippen LogP contribution in [-0.2, 0) is 4.79 Å². The van der Waals surface area contributed by atoms with E-state index in [2.05, 4.69) is 17.2 Å². The van der Waals surface area contributed by atoms with Crippen LogP contribution in [0.15, 0.2) is 49.3 Å². The van der Waals surface area contributed by atoms with Gasteiger partial charge in [-0.15, -0.1) is 13.1 Å². The molecule has 156 valence electrons. The monoisotopic (exact) mass is 611 g/mol. The van der Waals surface area contributed by atoms with E-state index in [0.29, 0.717) is 5.56 Å². The van der Waals surface area contributed by atoms with Crippen LogP contribution in [0.4, 0.5) is 0 Å². The number of nitrogens with zero attached hydrogens (tertiary/aromatic N) is 3. The number of rotatable bonds is 5. The first-order valence-corrected chi connectivity index (χ1v) is 9.66. The quantitative estimate of drug-likeness (QED) is 0.199. The van der Waals surface area contributed by atoms with Crippen molar-refractivity contribution in [1.29, 1.82) is 5.26 Å². The van der Waals surface area contributed by atoms with Gasteiger partial charge in [0.15, 0.2) is 0 Å². The van der Waals surface area contributed by atoms with Crippen molar-refractivity contribution < 1.29 is 35.9 Å². The normalized spacial score (nSPS) is 9.11. The number of hydrogen-bond donors (Lipinski definition) is 0. The molecule has 4 nitrogen and oxygen atoms in total. The molecular formula is C23H39N3OU. The summed E-state index contributed by atoms with van der Waals surface area (Å²) in [4.78, 5) is 10.4. The van der Waals surface area contributed by atoms with Gasteiger partial charge in [0.05, 0.1) is 11.6 Å². The molecule has 1 atom stereocenters. The third-order valence-corrected chi connectivity index (χ3v) is 2.48. The summed E-state index contributed by atoms with van der Waals surface area (Å²) in [6, 6.07) is 9.06. The molecule has 1 aromatic rings. The Kier molecular flexibility index (Phi) is 48.9. The molecule has 0 aromatic heterocycles. The minimum absolute atomic E-state index is 0. The molecule has 1 aliphatic rings. The van der Waals surface area contributed by atoms with E-state index in [0.717, 1.165) is 24.8 Å². The summed E-state index contributed by atoms with van der Waals surface area (Å²) in [6.07, 6.45) is 7.27. The molecule has 0 amide bonds. The number of hydrogen-bond acceptors (Lipinski definition) is 2. The van der Waals surface area contributed by atoms with Crippen LogP contribution in [0.1, 0.15) is 71.9 Å². The second-order valence-electron chi connectivity index (χ2n) is 4.22. The van der Waals surface area contributed by atoms with E-state index in [-0.39, 0.29) is 37.0 Å². The average molecular weight is 612 g/mol. The Labute approximate surface area is 198 Å². The van der Waals surface area contributed by atoms with Crippen LogP contribution >= 0.6 is 0 Å². The molecule has 5 heteroatoms. The fraction of sp³-hybridized carbons (Fsp3) is 0.478. The molecule has 0 N–H and O–H groups in total. The Morgan fingerprint density at radius 2 is 1.54 bits per heavy atom. The van der Waals surface area contributed by atoms with Crippen molar-refractivity contribution in [2.75, 3.05) is 13.6 Å². The van der Waals surface area contributed by atoms with Crippen molar-refractivity contribution in [2.24, 2.45) is 0 Å². The van der Waals surface area contributed by atoms with E-state index in [1.807, 2.05) is 67.7 Å². The Bertz CT molecular complexity index is 476. The van der Waals surface area contributed by atoms with Crippen molar-refractivity contribution in [3.05, 3.63) is 71.1 Å². The summed E-state index contributed by atoms with van der Waals surface area (Å²) in [5.74, 6) is -0.0854. The standard InChI is InChI=1S/C10H9NO.C5H10N.C2H2N.3C2H6.U/c1-8(7-12)10-4-2-9(6-11)3-5-10;1-3-4-5-6-2;1-2-3-1;3*1-2;/h2-5,7-8H,1H3;3H,1,4-5H2,2H3;1-2H;3*1-2H3;/q;2*-1;;;;+2. The first-order valence-electron chi connectivity index (χ1n) is 9.66. The summed E-state index contributed by atoms with van der Waals surface area (Å²) in [7, 11) is 1.81. The average Bonchev–Trinajstić information content (AvgIpc) is 3.66. The van der Waals surface area contributed by atoms with Gasteiger partial charge in [0.2, 0.25) is 0 Å². The Balaban J connectivity index is -0.0000000930. The van der Waals surface area contributed by atoms with Crippen molar-refractivity contribution in [3.8, 4) is 6.07 Å². The molecule has 1 unspecified atom stereocenters. The van der Waals surface area contributed by atoms with Gasteiger partial charge in [-0.3, -0.25) is 0 Å². The maximum absolute atomic E-state index is 10.4. The SMILES string of the molecule is C1=C[N-]1.C=CCC[N-]C.CC.CC.CC.CC(C=O)c1ccc(C#N)cc1.[U+2]. The smallest absolute Gasteiger partial charge is 0.673 e. The van der Waals surface area contributed by atoms with Crippen molar-refractivity contribution >= 4 is 6.29 Å². The zero-order chi connectivity index (χ0) is 21.9. The molecule has 1 heterocycles. The Hall–Kier alpha value is -1.33. The Morgan fingerprint density at radius 1 is 1.11 bits per heavy atom. The summed E-state index contributed by atoms with van der Waals surface area (Å²) < 4.78 is 0. The summed E-state index contributed by atoms with van der Waals surface area (Å²) in [5.41, 5.74) is 1.57. The van der Waals surface area contributed by atoms with Gasteiger partial charge in [0, 0.05) is 5.92 Å². The molecule has 2 rings (SSSR count). The number of benzene rings is 1. The van der Waals surface area contributed by atoms with Crippen LogP contribution in [0.3, 0.4) is 0 Å². The molecule has 0 spiro atoms. The molecule has 0 bridgehead atoms. The first-order chi connectivity index (χ1) is 13.2. The third kappa shape index (κ3) is 32.4. The maximum atomic E-state index is 10.4. The van der Waals surface area contributed by atoms with Gasteiger partial charge in [0.25, 0.3) is 0 Å². The predicted molar refractivity (Wildman–Crippen MR) is 121 cm³/mol. The number of nitriles is 1. The second kappa shape index (κ2) is 36.6. The predicted octanol–water partition coefficient (Wildman–Crippen LogP) is 7.35. The van der Waals surface area contributed by atoms with Crippen molar-refractivity contribution in [2.45, 2.75) is 60.8 Å². The molecule has 28 heavy (non-hydrogen) atoms. The van der Waals surface area contributed by atoms with Gasteiger partial charge in [-0.25, -0.2) is 0 Å². The van der Waals surface area contributed by atoms with E-state index < -0.39 is 0 Å². The fourth-order valence-electron chi connectivity index (χ4n) is 1.16. The third-order valence-electron chi connectivity index (χ3n) is 2.48. The van der Waals surface area contributed by atoms with Gasteiger partial charge in [-0.1, -0.05) is 73.1 Å². The number of aldehydes is 1. The summed E-state index contributed by atoms with van der Waals surface area (Å²) >= 11 is 0. The van der Waals surface area contributed by atoms with Crippen molar-refractivity contribution in [1.82, 2.24) is 0 Å². The van der Waals surface area contributed by atoms with Crippen molar-refractivity contribution in [3.63, 3.8) is 0 Å². The first kappa shape index (κ1) is 37.4. The van der Waals surface area contributed by atoms with E-state index in [1.54, 1.807) is 36.7 Å². The van der Waals surface area contributed by atoms with Gasteiger partial charge >= 0.3 is 31.1 Å². The van der Waals surface area contributed by atoms with Crippen LogP contribution in [0.25, 0.3) is 10.6 Å². The van der Waals surface area contributed by atoms with E-state index in [9.17, 15) is 4.79 Å². The molecule has 0 aliphatic carbocycles. The van der Waals surface area contributed by atoms with E-state index >= 15 is 0 Å². The molecule has 0 radical (unpaired) electrons. The van der Waals surface area contributed by atoms with Crippen LogP contribution in [0.2, 0.25) is 0 Å². The summed E-state index contributed by atoms with van der Waals surface area (Å²) in [6.45, 7) is 18.3. The summed E-state index contributed by atoms with van der Waals surface area (Å²) in [5, 5.41) is 15.9. The minimum atomic E-state index is -0.0854. The zero-order valence-corrected chi connectivity index (χ0v) is 23.2. The molecule has 1 aromatic carbocycles. The molecule has 1 aliphatic heterocycles. The molecular weight excluding hydrogens is 572 g/mol. The largest absolute Gasteiger partial charge is 2.00 e. The van der Waals surface area contributed by atoms with Crippen LogP contribution in [-0.4, -0.2) is 19.9 Å². The van der Waals surface area contributed by atoms with Crippen LogP contribution < -0.4 is 0 Å². The maximum Gasteiger partial charge on any atom is 2.00 e. The van der Waals surface area contributed by atoms with Crippen LogP contribution in [0, 0.1) is 42.4 Å². The molecule has 0 saturated carbocycles. The zero-order valence-electron chi connectivity index (χ0n) is 19.1. The minimum Gasteiger partial charge on any atom is -0.673 e. The van der Waals surface area contributed by atoms with E-state index in [4.69, 9.17) is 5.26 Å². The van der Waals surface area contributed by atoms with Crippen LogP contribution in [0.5, 0.6) is 0 Å². The topological polar surface area (TPSA) is 69.1 Å². The fourth-order valence-corrected chi connectivity index (χ4v) is 1.16. The Morgan fingerprint density at radius 3 is 1.75 bits per heavy atom. The molecule has 0 fully saturated rings. The number of carbonyl (C=O) groups is 1. The number of carbonyl (C=O) groups excluding carboxylic acids is 1. The van der Waals surface area contributed by atoms with Gasteiger partial charge in [-0.2, -0.15) is 24.7 Å². The second-order valence-corrected chi connectivity index (χ2v) is 4.22. The van der Waals surface area contributed by atoms with E-state index in [1.165, 1.54) is 0 Å². The van der Waals surface area contributed by atoms with Gasteiger partial charge in [-0.05, 0) is 17.7 Å².